The molecule has 1 atom stereocenters. The van der Waals surface area contributed by atoms with Crippen LogP contribution in [-0.4, -0.2) is 95.7 Å². The molecule has 1 spiro atoms. The number of halogens is 1. The molecular weight excluding hydrogens is 449 g/mol. The number of aliphatic hydroxyl groups excluding tert-OH is 1. The van der Waals surface area contributed by atoms with Crippen LogP contribution in [0.25, 0.3) is 0 Å². The molecule has 2 aliphatic carbocycles. The molecule has 3 fully saturated rings. The Morgan fingerprint density at radius 3 is 2.40 bits per heavy atom. The minimum atomic E-state index is -0.845. The van der Waals surface area contributed by atoms with Gasteiger partial charge in [-0.3, -0.25) is 24.3 Å². The monoisotopic (exact) mass is 489 g/mol. The molecule has 9 heteroatoms. The van der Waals surface area contributed by atoms with E-state index in [4.69, 9.17) is 5.73 Å². The lowest BCUT2D eigenvalue weighted by atomic mass is 9.68. The van der Waals surface area contributed by atoms with Crippen molar-refractivity contribution in [3.63, 3.8) is 0 Å². The Bertz CT molecular complexity index is 929. The van der Waals surface area contributed by atoms with Crippen LogP contribution in [-0.2, 0) is 15.1 Å². The van der Waals surface area contributed by atoms with Gasteiger partial charge < -0.3 is 15.7 Å². The molecule has 2 amide bonds. The van der Waals surface area contributed by atoms with Crippen LogP contribution < -0.4 is 5.73 Å². The molecule has 1 saturated heterocycles. The molecule has 194 valence electrons. The third kappa shape index (κ3) is 5.09. The maximum absolute atomic E-state index is 14.1. The number of primary amides is 1. The van der Waals surface area contributed by atoms with E-state index in [1.54, 1.807) is 19.2 Å². The van der Waals surface area contributed by atoms with E-state index in [0.717, 1.165) is 37.8 Å². The van der Waals surface area contributed by atoms with Crippen molar-refractivity contribution in [2.24, 2.45) is 11.7 Å². The molecule has 4 rings (SSSR count). The smallest absolute Gasteiger partial charge is 0.237 e. The summed E-state index contributed by atoms with van der Waals surface area (Å²) in [4.78, 5) is 31.6. The highest BCUT2D eigenvalue weighted by molar-refractivity contribution is 5.84. The highest BCUT2D eigenvalue weighted by Gasteiger charge is 2.55. The van der Waals surface area contributed by atoms with Gasteiger partial charge in [0.25, 0.3) is 0 Å². The van der Waals surface area contributed by atoms with E-state index < -0.39 is 12.3 Å². The molecule has 35 heavy (non-hydrogen) atoms. The maximum atomic E-state index is 14.1. The van der Waals surface area contributed by atoms with Gasteiger partial charge in [-0.25, -0.2) is 4.39 Å². The first-order valence-electron chi connectivity index (χ1n) is 12.7. The summed E-state index contributed by atoms with van der Waals surface area (Å²) in [6.07, 6.45) is 6.07. The second-order valence-electron chi connectivity index (χ2n) is 11.1. The average Bonchev–Trinajstić information content (AvgIpc) is 3.01. The fraction of sp³-hybridized carbons (Fsp3) is 0.692. The van der Waals surface area contributed by atoms with Gasteiger partial charge in [0.1, 0.15) is 5.82 Å². The Morgan fingerprint density at radius 1 is 1.17 bits per heavy atom. The standard InChI is InChI=1S/C26H40FN5O3/c1-29(2)26(20-8-5-9-21(27)14-20)12-10-25(11-13-26)18-31(17-23(34)30(3)16-22(28)33)24(35)32(25)15-19-6-4-7-19/h5,8-9,14,19,24,35H,4,6-7,10-13,15-18H2,1-3H3,(H2,28,33). The number of hydrogen-bond donors (Lipinski definition) is 2. The van der Waals surface area contributed by atoms with E-state index in [1.807, 2.05) is 11.0 Å². The number of carbonyl (C=O) groups is 2. The van der Waals surface area contributed by atoms with Gasteiger partial charge in [0.2, 0.25) is 11.8 Å². The number of rotatable bonds is 8. The summed E-state index contributed by atoms with van der Waals surface area (Å²) < 4.78 is 14.1. The van der Waals surface area contributed by atoms with Crippen LogP contribution >= 0.6 is 0 Å². The van der Waals surface area contributed by atoms with Crippen molar-refractivity contribution in [3.05, 3.63) is 35.6 Å². The Morgan fingerprint density at radius 2 is 1.86 bits per heavy atom. The van der Waals surface area contributed by atoms with E-state index >= 15 is 0 Å². The molecule has 3 aliphatic rings. The Labute approximate surface area is 207 Å². The Balaban J connectivity index is 1.55. The Hall–Kier alpha value is -2.07. The number of hydrogen-bond acceptors (Lipinski definition) is 6. The molecule has 1 aromatic carbocycles. The summed E-state index contributed by atoms with van der Waals surface area (Å²) in [5.41, 5.74) is 5.72. The molecule has 8 nitrogen and oxygen atoms in total. The fourth-order valence-electron chi connectivity index (χ4n) is 6.33. The number of amides is 2. The minimum Gasteiger partial charge on any atom is -0.368 e. The molecule has 1 unspecified atom stereocenters. The predicted molar refractivity (Wildman–Crippen MR) is 131 cm³/mol. The second-order valence-corrected chi connectivity index (χ2v) is 11.1. The van der Waals surface area contributed by atoms with E-state index in [0.29, 0.717) is 12.5 Å². The van der Waals surface area contributed by atoms with Gasteiger partial charge in [-0.05, 0) is 76.2 Å². The van der Waals surface area contributed by atoms with Crippen molar-refractivity contribution in [2.45, 2.75) is 62.4 Å². The maximum Gasteiger partial charge on any atom is 0.237 e. The van der Waals surface area contributed by atoms with Crippen LogP contribution in [0, 0.1) is 11.7 Å². The summed E-state index contributed by atoms with van der Waals surface area (Å²) >= 11 is 0. The largest absolute Gasteiger partial charge is 0.368 e. The SMILES string of the molecule is CN(CC(N)=O)C(=O)CN1CC2(CCC(c3cccc(F)c3)(N(C)C)CC2)N(CC2CCC2)C1O. The lowest BCUT2D eigenvalue weighted by Crippen LogP contribution is -2.57. The third-order valence-corrected chi connectivity index (χ3v) is 8.77. The molecule has 1 aromatic rings. The molecule has 0 bridgehead atoms. The molecule has 1 aliphatic heterocycles. The zero-order valence-electron chi connectivity index (χ0n) is 21.3. The van der Waals surface area contributed by atoms with Crippen molar-refractivity contribution >= 4 is 11.8 Å². The van der Waals surface area contributed by atoms with Crippen molar-refractivity contribution in [1.29, 1.82) is 0 Å². The van der Waals surface area contributed by atoms with Crippen LogP contribution in [0.4, 0.5) is 4.39 Å². The van der Waals surface area contributed by atoms with Gasteiger partial charge in [-0.1, -0.05) is 18.6 Å². The van der Waals surface area contributed by atoms with Crippen LogP contribution in [0.3, 0.4) is 0 Å². The van der Waals surface area contributed by atoms with Gasteiger partial charge in [0.05, 0.1) is 13.1 Å². The van der Waals surface area contributed by atoms with Crippen LogP contribution in [0.1, 0.15) is 50.5 Å². The Kier molecular flexibility index (Phi) is 7.52. The molecule has 0 aromatic heterocycles. The summed E-state index contributed by atoms with van der Waals surface area (Å²) in [6.45, 7) is 1.30. The number of nitrogens with two attached hydrogens (primary N) is 1. The third-order valence-electron chi connectivity index (χ3n) is 8.77. The van der Waals surface area contributed by atoms with Crippen LogP contribution in [0.15, 0.2) is 24.3 Å². The molecule has 1 heterocycles. The van der Waals surface area contributed by atoms with Gasteiger partial charge >= 0.3 is 0 Å². The fourth-order valence-corrected chi connectivity index (χ4v) is 6.33. The summed E-state index contributed by atoms with van der Waals surface area (Å²) in [5, 5.41) is 11.4. The lowest BCUT2D eigenvalue weighted by molar-refractivity contribution is -0.140. The normalized spacial score (nSPS) is 30.1. The lowest BCUT2D eigenvalue weighted by Gasteiger charge is -2.52. The summed E-state index contributed by atoms with van der Waals surface area (Å²) in [5.74, 6) is -0.451. The van der Waals surface area contributed by atoms with Crippen LogP contribution in [0.5, 0.6) is 0 Å². The zero-order valence-corrected chi connectivity index (χ0v) is 21.3. The van der Waals surface area contributed by atoms with E-state index in [2.05, 4.69) is 23.9 Å². The van der Waals surface area contributed by atoms with Gasteiger partial charge in [0, 0.05) is 31.2 Å². The number of carbonyl (C=O) groups excluding carboxylic acids is 2. The van der Waals surface area contributed by atoms with E-state index in [9.17, 15) is 19.1 Å². The molecule has 0 radical (unpaired) electrons. The van der Waals surface area contributed by atoms with Crippen molar-refractivity contribution in [3.8, 4) is 0 Å². The summed E-state index contributed by atoms with van der Waals surface area (Å²) in [7, 11) is 5.67. The molecular formula is C26H40FN5O3. The van der Waals surface area contributed by atoms with Gasteiger partial charge in [-0.2, -0.15) is 0 Å². The second kappa shape index (κ2) is 10.1. The number of likely N-dealkylation sites (N-methyl/N-ethyl adjacent to an activating group) is 1. The first kappa shape index (κ1) is 26.0. The van der Waals surface area contributed by atoms with Crippen molar-refractivity contribution < 1.29 is 19.1 Å². The predicted octanol–water partition coefficient (Wildman–Crippen LogP) is 1.53. The number of benzene rings is 1. The van der Waals surface area contributed by atoms with Crippen molar-refractivity contribution in [2.75, 3.05) is 47.3 Å². The molecule has 3 N–H and O–H groups in total. The average molecular weight is 490 g/mol. The first-order chi connectivity index (χ1) is 16.6. The topological polar surface area (TPSA) is 93.3 Å². The van der Waals surface area contributed by atoms with E-state index in [-0.39, 0.29) is 35.9 Å². The van der Waals surface area contributed by atoms with Gasteiger partial charge in [-0.15, -0.1) is 0 Å². The minimum absolute atomic E-state index is 0.0383. The first-order valence-corrected chi connectivity index (χ1v) is 12.7. The van der Waals surface area contributed by atoms with Gasteiger partial charge in [0.15, 0.2) is 6.35 Å². The van der Waals surface area contributed by atoms with Crippen LogP contribution in [0.2, 0.25) is 0 Å². The molecule has 2 saturated carbocycles. The van der Waals surface area contributed by atoms with E-state index in [1.165, 1.54) is 30.2 Å². The number of nitrogens with zero attached hydrogens (tertiary/aromatic N) is 4. The van der Waals surface area contributed by atoms with Crippen molar-refractivity contribution in [1.82, 2.24) is 19.6 Å². The quantitative estimate of drug-likeness (QED) is 0.575. The zero-order chi connectivity index (χ0) is 25.4. The highest BCUT2D eigenvalue weighted by Crippen LogP contribution is 2.50. The highest BCUT2D eigenvalue weighted by atomic mass is 19.1. The number of aliphatic hydroxyl groups is 1. The summed E-state index contributed by atoms with van der Waals surface area (Å²) in [6, 6.07) is 6.91.